The maximum atomic E-state index is 9.96. The van der Waals surface area contributed by atoms with Crippen LogP contribution in [0.2, 0.25) is 0 Å². The highest BCUT2D eigenvalue weighted by atomic mass is 16.3. The molecule has 0 bridgehead atoms. The predicted octanol–water partition coefficient (Wildman–Crippen LogP) is 0.897. The molecular formula is C10H11N3O. The molecular weight excluding hydrogens is 178 g/mol. The maximum absolute atomic E-state index is 9.96. The smallest absolute Gasteiger partial charge is 0.122 e. The van der Waals surface area contributed by atoms with Crippen LogP contribution < -0.4 is 0 Å². The van der Waals surface area contributed by atoms with Crippen molar-refractivity contribution in [1.29, 1.82) is 0 Å². The SMILES string of the molecule is Cn1nncc1C(O)c1ccccc1. The summed E-state index contributed by atoms with van der Waals surface area (Å²) in [5, 5.41) is 17.5. The van der Waals surface area contributed by atoms with E-state index >= 15 is 0 Å². The van der Waals surface area contributed by atoms with E-state index in [9.17, 15) is 5.11 Å². The van der Waals surface area contributed by atoms with Gasteiger partial charge in [-0.1, -0.05) is 35.5 Å². The Hall–Kier alpha value is -1.68. The largest absolute Gasteiger partial charge is 0.382 e. The van der Waals surface area contributed by atoms with Crippen LogP contribution >= 0.6 is 0 Å². The van der Waals surface area contributed by atoms with Crippen LogP contribution in [0.1, 0.15) is 17.4 Å². The molecule has 0 aliphatic rings. The van der Waals surface area contributed by atoms with Gasteiger partial charge in [-0.25, -0.2) is 4.68 Å². The Bertz CT molecular complexity index is 410. The monoisotopic (exact) mass is 189 g/mol. The molecule has 2 aromatic rings. The molecule has 1 aromatic heterocycles. The third kappa shape index (κ3) is 1.52. The lowest BCUT2D eigenvalue weighted by Gasteiger charge is -2.09. The molecule has 1 aromatic carbocycles. The third-order valence-corrected chi connectivity index (χ3v) is 2.14. The van der Waals surface area contributed by atoms with E-state index in [0.29, 0.717) is 5.69 Å². The summed E-state index contributed by atoms with van der Waals surface area (Å²) in [6.07, 6.45) is 0.911. The van der Waals surface area contributed by atoms with Gasteiger partial charge in [0.2, 0.25) is 0 Å². The molecule has 4 heteroatoms. The quantitative estimate of drug-likeness (QED) is 0.763. The molecule has 2 rings (SSSR count). The minimum Gasteiger partial charge on any atom is -0.382 e. The summed E-state index contributed by atoms with van der Waals surface area (Å²) < 4.78 is 1.57. The standard InChI is InChI=1S/C10H11N3O/c1-13-9(7-11-12-13)10(14)8-5-3-2-4-6-8/h2-7,10,14H,1H3. The van der Waals surface area contributed by atoms with Gasteiger partial charge < -0.3 is 5.11 Å². The molecule has 14 heavy (non-hydrogen) atoms. The number of aliphatic hydroxyl groups is 1. The van der Waals surface area contributed by atoms with Crippen LogP contribution in [-0.4, -0.2) is 20.1 Å². The number of aliphatic hydroxyl groups excluding tert-OH is 1. The number of nitrogens with zero attached hydrogens (tertiary/aromatic N) is 3. The number of benzene rings is 1. The topological polar surface area (TPSA) is 50.9 Å². The molecule has 1 unspecified atom stereocenters. The summed E-state index contributed by atoms with van der Waals surface area (Å²) >= 11 is 0. The summed E-state index contributed by atoms with van der Waals surface area (Å²) in [5.74, 6) is 0. The van der Waals surface area contributed by atoms with Gasteiger partial charge in [0, 0.05) is 7.05 Å². The van der Waals surface area contributed by atoms with E-state index in [1.54, 1.807) is 17.9 Å². The van der Waals surface area contributed by atoms with Crippen molar-refractivity contribution in [2.75, 3.05) is 0 Å². The molecule has 0 saturated heterocycles. The molecule has 0 fully saturated rings. The first-order chi connectivity index (χ1) is 6.79. The number of aryl methyl sites for hydroxylation is 1. The van der Waals surface area contributed by atoms with E-state index in [1.807, 2.05) is 30.3 Å². The lowest BCUT2D eigenvalue weighted by atomic mass is 10.1. The first-order valence-corrected chi connectivity index (χ1v) is 4.36. The number of hydrogen-bond acceptors (Lipinski definition) is 3. The Morgan fingerprint density at radius 3 is 2.57 bits per heavy atom. The van der Waals surface area contributed by atoms with Crippen molar-refractivity contribution in [1.82, 2.24) is 15.0 Å². The van der Waals surface area contributed by atoms with Crippen molar-refractivity contribution in [2.45, 2.75) is 6.10 Å². The average molecular weight is 189 g/mol. The number of aromatic nitrogens is 3. The molecule has 0 radical (unpaired) electrons. The second-order valence-electron chi connectivity index (χ2n) is 3.10. The summed E-state index contributed by atoms with van der Waals surface area (Å²) in [6, 6.07) is 9.44. The molecule has 72 valence electrons. The summed E-state index contributed by atoms with van der Waals surface area (Å²) in [7, 11) is 1.76. The van der Waals surface area contributed by atoms with Crippen molar-refractivity contribution in [3.63, 3.8) is 0 Å². The zero-order valence-corrected chi connectivity index (χ0v) is 7.83. The van der Waals surface area contributed by atoms with Crippen LogP contribution in [0.15, 0.2) is 36.5 Å². The van der Waals surface area contributed by atoms with E-state index in [-0.39, 0.29) is 0 Å². The van der Waals surface area contributed by atoms with Crippen molar-refractivity contribution >= 4 is 0 Å². The van der Waals surface area contributed by atoms with Crippen molar-refractivity contribution in [2.24, 2.45) is 7.05 Å². The Morgan fingerprint density at radius 2 is 2.00 bits per heavy atom. The first kappa shape index (κ1) is 8.90. The maximum Gasteiger partial charge on any atom is 0.122 e. The van der Waals surface area contributed by atoms with E-state index in [4.69, 9.17) is 0 Å². The van der Waals surface area contributed by atoms with E-state index < -0.39 is 6.10 Å². The molecule has 0 aliphatic carbocycles. The highest BCUT2D eigenvalue weighted by molar-refractivity contribution is 5.23. The van der Waals surface area contributed by atoms with Gasteiger partial charge in [0.15, 0.2) is 0 Å². The summed E-state index contributed by atoms with van der Waals surface area (Å²) in [6.45, 7) is 0. The van der Waals surface area contributed by atoms with Crippen molar-refractivity contribution in [3.8, 4) is 0 Å². The van der Waals surface area contributed by atoms with Crippen LogP contribution in [0, 0.1) is 0 Å². The fourth-order valence-corrected chi connectivity index (χ4v) is 1.35. The van der Waals surface area contributed by atoms with Gasteiger partial charge in [0.1, 0.15) is 6.10 Å². The van der Waals surface area contributed by atoms with Gasteiger partial charge in [-0.2, -0.15) is 0 Å². The van der Waals surface area contributed by atoms with Gasteiger partial charge in [0.25, 0.3) is 0 Å². The lowest BCUT2D eigenvalue weighted by Crippen LogP contribution is -2.06. The molecule has 0 saturated carbocycles. The van der Waals surface area contributed by atoms with E-state index in [2.05, 4.69) is 10.3 Å². The molecule has 0 aliphatic heterocycles. The Balaban J connectivity index is 2.34. The van der Waals surface area contributed by atoms with Gasteiger partial charge in [0.05, 0.1) is 11.9 Å². The van der Waals surface area contributed by atoms with Crippen LogP contribution in [0.3, 0.4) is 0 Å². The molecule has 0 amide bonds. The number of hydrogen-bond donors (Lipinski definition) is 1. The zero-order chi connectivity index (χ0) is 9.97. The van der Waals surface area contributed by atoms with Crippen LogP contribution in [0.4, 0.5) is 0 Å². The molecule has 1 atom stereocenters. The number of rotatable bonds is 2. The first-order valence-electron chi connectivity index (χ1n) is 4.36. The second kappa shape index (κ2) is 3.59. The van der Waals surface area contributed by atoms with Crippen molar-refractivity contribution < 1.29 is 5.11 Å². The van der Waals surface area contributed by atoms with Gasteiger partial charge in [-0.3, -0.25) is 0 Å². The lowest BCUT2D eigenvalue weighted by molar-refractivity contribution is 0.210. The van der Waals surface area contributed by atoms with Crippen LogP contribution in [0.25, 0.3) is 0 Å². The summed E-state index contributed by atoms with van der Waals surface area (Å²) in [4.78, 5) is 0. The molecule has 1 N–H and O–H groups in total. The molecule has 0 spiro atoms. The second-order valence-corrected chi connectivity index (χ2v) is 3.10. The van der Waals surface area contributed by atoms with Gasteiger partial charge >= 0.3 is 0 Å². The van der Waals surface area contributed by atoms with Gasteiger partial charge in [-0.05, 0) is 5.56 Å². The third-order valence-electron chi connectivity index (χ3n) is 2.14. The summed E-state index contributed by atoms with van der Waals surface area (Å²) in [5.41, 5.74) is 1.54. The fourth-order valence-electron chi connectivity index (χ4n) is 1.35. The molecule has 1 heterocycles. The minimum absolute atomic E-state index is 0.656. The Labute approximate surface area is 81.8 Å². The van der Waals surface area contributed by atoms with Crippen LogP contribution in [0.5, 0.6) is 0 Å². The molecule has 4 nitrogen and oxygen atoms in total. The highest BCUT2D eigenvalue weighted by Crippen LogP contribution is 2.19. The minimum atomic E-state index is -0.656. The average Bonchev–Trinajstić information content (AvgIpc) is 2.65. The van der Waals surface area contributed by atoms with Gasteiger partial charge in [-0.15, -0.1) is 5.10 Å². The Morgan fingerprint density at radius 1 is 1.29 bits per heavy atom. The fraction of sp³-hybridized carbons (Fsp3) is 0.200. The van der Waals surface area contributed by atoms with Crippen LogP contribution in [-0.2, 0) is 7.05 Å². The van der Waals surface area contributed by atoms with E-state index in [1.165, 1.54) is 0 Å². The zero-order valence-electron chi connectivity index (χ0n) is 7.83. The Kier molecular flexibility index (Phi) is 2.28. The highest BCUT2D eigenvalue weighted by Gasteiger charge is 2.13. The van der Waals surface area contributed by atoms with Crippen molar-refractivity contribution in [3.05, 3.63) is 47.8 Å². The normalized spacial score (nSPS) is 12.7. The van der Waals surface area contributed by atoms with E-state index in [0.717, 1.165) is 5.56 Å². The predicted molar refractivity (Wildman–Crippen MR) is 51.5 cm³/mol.